The van der Waals surface area contributed by atoms with Crippen LogP contribution in [0.5, 0.6) is 0 Å². The number of hydrogen-bond acceptors (Lipinski definition) is 7. The molecule has 0 fully saturated rings. The highest BCUT2D eigenvalue weighted by molar-refractivity contribution is 5.36. The second kappa shape index (κ2) is 6.27. The van der Waals surface area contributed by atoms with E-state index in [1.807, 2.05) is 25.2 Å². The maximum absolute atomic E-state index is 4.43. The van der Waals surface area contributed by atoms with Crippen LogP contribution in [0.2, 0.25) is 0 Å². The molecule has 2 aromatic rings. The first kappa shape index (κ1) is 14.2. The van der Waals surface area contributed by atoms with Gasteiger partial charge in [-0.05, 0) is 0 Å². The molecular formula is C12H20N8. The van der Waals surface area contributed by atoms with Crippen molar-refractivity contribution in [3.8, 4) is 0 Å². The van der Waals surface area contributed by atoms with Crippen molar-refractivity contribution in [1.82, 2.24) is 29.9 Å². The first-order valence-electron chi connectivity index (χ1n) is 6.57. The monoisotopic (exact) mass is 276 g/mol. The number of aromatic nitrogens is 6. The summed E-state index contributed by atoms with van der Waals surface area (Å²) in [7, 11) is 3.83. The molecule has 0 aromatic carbocycles. The minimum absolute atomic E-state index is 0.257. The van der Waals surface area contributed by atoms with Crippen LogP contribution < -0.4 is 10.2 Å². The van der Waals surface area contributed by atoms with Gasteiger partial charge in [0.2, 0.25) is 11.9 Å². The van der Waals surface area contributed by atoms with Gasteiger partial charge in [-0.3, -0.25) is 4.68 Å². The molecule has 0 aliphatic carbocycles. The SMILES string of the molecule is CC(C)c1nc(NCCn2ccnn2)nc(N(C)C)n1. The molecule has 1 N–H and O–H groups in total. The fraction of sp³-hybridized carbons (Fsp3) is 0.583. The van der Waals surface area contributed by atoms with Gasteiger partial charge in [-0.15, -0.1) is 5.10 Å². The zero-order chi connectivity index (χ0) is 14.5. The molecule has 8 heteroatoms. The lowest BCUT2D eigenvalue weighted by atomic mass is 10.2. The number of nitrogens with one attached hydrogen (secondary N) is 1. The third kappa shape index (κ3) is 3.62. The van der Waals surface area contributed by atoms with Crippen LogP contribution in [-0.2, 0) is 6.54 Å². The minimum atomic E-state index is 0.257. The largest absolute Gasteiger partial charge is 0.352 e. The van der Waals surface area contributed by atoms with E-state index in [2.05, 4.69) is 44.4 Å². The van der Waals surface area contributed by atoms with Crippen molar-refractivity contribution < 1.29 is 0 Å². The van der Waals surface area contributed by atoms with E-state index in [4.69, 9.17) is 0 Å². The fourth-order valence-electron chi connectivity index (χ4n) is 1.55. The van der Waals surface area contributed by atoms with Gasteiger partial charge < -0.3 is 10.2 Å². The van der Waals surface area contributed by atoms with E-state index in [0.717, 1.165) is 5.82 Å². The molecule has 2 aromatic heterocycles. The highest BCUT2D eigenvalue weighted by Gasteiger charge is 2.10. The van der Waals surface area contributed by atoms with Crippen LogP contribution in [0.4, 0.5) is 11.9 Å². The molecule has 8 nitrogen and oxygen atoms in total. The molecular weight excluding hydrogens is 256 g/mol. The lowest BCUT2D eigenvalue weighted by Gasteiger charge is -2.14. The summed E-state index contributed by atoms with van der Waals surface area (Å²) >= 11 is 0. The normalized spacial score (nSPS) is 10.8. The van der Waals surface area contributed by atoms with E-state index in [-0.39, 0.29) is 5.92 Å². The number of nitrogens with zero attached hydrogens (tertiary/aromatic N) is 7. The standard InChI is InChI=1S/C12H20N8/c1-9(2)10-15-11(17-12(16-10)19(3)4)13-5-7-20-8-6-14-18-20/h6,8-9H,5,7H2,1-4H3,(H,13,15,16,17). The minimum Gasteiger partial charge on any atom is -0.352 e. The van der Waals surface area contributed by atoms with Gasteiger partial charge in [-0.25, -0.2) is 0 Å². The fourth-order valence-corrected chi connectivity index (χ4v) is 1.55. The summed E-state index contributed by atoms with van der Waals surface area (Å²) in [6, 6.07) is 0. The topological polar surface area (TPSA) is 84.7 Å². The molecule has 20 heavy (non-hydrogen) atoms. The second-order valence-electron chi connectivity index (χ2n) is 4.96. The van der Waals surface area contributed by atoms with Gasteiger partial charge >= 0.3 is 0 Å². The van der Waals surface area contributed by atoms with Crippen molar-refractivity contribution in [1.29, 1.82) is 0 Å². The summed E-state index contributed by atoms with van der Waals surface area (Å²) in [5.74, 6) is 2.29. The maximum atomic E-state index is 4.43. The Bertz CT molecular complexity index is 508. The molecule has 0 aliphatic rings. The summed E-state index contributed by atoms with van der Waals surface area (Å²) in [6.07, 6.45) is 3.48. The summed E-state index contributed by atoms with van der Waals surface area (Å²) in [6.45, 7) is 5.51. The average Bonchev–Trinajstić information content (AvgIpc) is 2.91. The Morgan fingerprint density at radius 1 is 1.25 bits per heavy atom. The number of anilines is 2. The molecule has 2 heterocycles. The molecule has 2 rings (SSSR count). The van der Waals surface area contributed by atoms with Gasteiger partial charge in [-0.1, -0.05) is 19.1 Å². The molecule has 108 valence electrons. The second-order valence-corrected chi connectivity index (χ2v) is 4.96. The zero-order valence-electron chi connectivity index (χ0n) is 12.3. The molecule has 0 amide bonds. The molecule has 0 saturated heterocycles. The highest BCUT2D eigenvalue weighted by Crippen LogP contribution is 2.14. The van der Waals surface area contributed by atoms with Crippen molar-refractivity contribution in [3.63, 3.8) is 0 Å². The van der Waals surface area contributed by atoms with E-state index in [1.165, 1.54) is 0 Å². The van der Waals surface area contributed by atoms with Crippen LogP contribution in [-0.4, -0.2) is 50.6 Å². The third-order valence-electron chi connectivity index (χ3n) is 2.65. The Labute approximate surface area is 118 Å². The Morgan fingerprint density at radius 2 is 2.05 bits per heavy atom. The third-order valence-corrected chi connectivity index (χ3v) is 2.65. The Morgan fingerprint density at radius 3 is 2.65 bits per heavy atom. The van der Waals surface area contributed by atoms with Crippen molar-refractivity contribution in [2.45, 2.75) is 26.3 Å². The van der Waals surface area contributed by atoms with Gasteiger partial charge in [-0.2, -0.15) is 15.0 Å². The summed E-state index contributed by atoms with van der Waals surface area (Å²) in [5, 5.41) is 10.9. The van der Waals surface area contributed by atoms with E-state index >= 15 is 0 Å². The van der Waals surface area contributed by atoms with Gasteiger partial charge in [0, 0.05) is 32.8 Å². The van der Waals surface area contributed by atoms with E-state index in [0.29, 0.717) is 25.0 Å². The van der Waals surface area contributed by atoms with E-state index in [9.17, 15) is 0 Å². The Kier molecular flexibility index (Phi) is 4.44. The quantitative estimate of drug-likeness (QED) is 0.833. The number of hydrogen-bond donors (Lipinski definition) is 1. The van der Waals surface area contributed by atoms with Crippen LogP contribution in [0.25, 0.3) is 0 Å². The lowest BCUT2D eigenvalue weighted by molar-refractivity contribution is 0.606. The predicted molar refractivity (Wildman–Crippen MR) is 76.8 cm³/mol. The Balaban J connectivity index is 2.06. The van der Waals surface area contributed by atoms with E-state index < -0.39 is 0 Å². The smallest absolute Gasteiger partial charge is 0.229 e. The maximum Gasteiger partial charge on any atom is 0.229 e. The van der Waals surface area contributed by atoms with Crippen molar-refractivity contribution in [2.75, 3.05) is 30.9 Å². The van der Waals surface area contributed by atoms with E-state index in [1.54, 1.807) is 10.9 Å². The first-order chi connectivity index (χ1) is 9.56. The predicted octanol–water partition coefficient (Wildman–Crippen LogP) is 0.765. The molecule has 0 unspecified atom stereocenters. The van der Waals surface area contributed by atoms with Crippen molar-refractivity contribution in [2.24, 2.45) is 0 Å². The van der Waals surface area contributed by atoms with Gasteiger partial charge in [0.05, 0.1) is 12.7 Å². The molecule has 0 saturated carbocycles. The lowest BCUT2D eigenvalue weighted by Crippen LogP contribution is -2.19. The van der Waals surface area contributed by atoms with Crippen LogP contribution in [0, 0.1) is 0 Å². The van der Waals surface area contributed by atoms with Crippen molar-refractivity contribution in [3.05, 3.63) is 18.2 Å². The van der Waals surface area contributed by atoms with Crippen molar-refractivity contribution >= 4 is 11.9 Å². The molecule has 0 bridgehead atoms. The first-order valence-corrected chi connectivity index (χ1v) is 6.57. The van der Waals surface area contributed by atoms with Gasteiger partial charge in [0.15, 0.2) is 0 Å². The van der Waals surface area contributed by atoms with Crippen LogP contribution in [0.1, 0.15) is 25.6 Å². The summed E-state index contributed by atoms with van der Waals surface area (Å²) in [4.78, 5) is 15.1. The highest BCUT2D eigenvalue weighted by atomic mass is 15.4. The molecule has 0 radical (unpaired) electrons. The van der Waals surface area contributed by atoms with Crippen LogP contribution in [0.3, 0.4) is 0 Å². The number of rotatable bonds is 6. The van der Waals surface area contributed by atoms with Gasteiger partial charge in [0.25, 0.3) is 0 Å². The summed E-state index contributed by atoms with van der Waals surface area (Å²) < 4.78 is 1.75. The zero-order valence-corrected chi connectivity index (χ0v) is 12.3. The summed E-state index contributed by atoms with van der Waals surface area (Å²) in [5.41, 5.74) is 0. The van der Waals surface area contributed by atoms with Gasteiger partial charge in [0.1, 0.15) is 5.82 Å². The molecule has 0 atom stereocenters. The van der Waals surface area contributed by atoms with Crippen LogP contribution in [0.15, 0.2) is 12.4 Å². The average molecular weight is 276 g/mol. The molecule has 0 spiro atoms. The van der Waals surface area contributed by atoms with Crippen LogP contribution >= 0.6 is 0 Å². The molecule has 0 aliphatic heterocycles. The Hall–Kier alpha value is -2.25.